The largest absolute Gasteiger partial charge is 0.394 e. The minimum atomic E-state index is -2.05. The third-order valence-corrected chi connectivity index (χ3v) is 8.21. The first-order valence-electron chi connectivity index (χ1n) is 14.1. The fourth-order valence-corrected chi connectivity index (χ4v) is 5.53. The Hall–Kier alpha value is -0.840. The molecule has 0 bridgehead atoms. The van der Waals surface area contributed by atoms with Crippen LogP contribution in [0.2, 0.25) is 0 Å². The summed E-state index contributed by atoms with van der Waals surface area (Å²) in [5, 5.41) is 143. The van der Waals surface area contributed by atoms with Gasteiger partial charge in [0.05, 0.1) is 26.4 Å². The number of aliphatic hydroxyl groups is 14. The number of hydrogen-bond acceptors (Lipinski definition) is 21. The minimum absolute atomic E-state index is 0.813. The van der Waals surface area contributed by atoms with Gasteiger partial charge in [-0.3, -0.25) is 0 Å². The molecule has 0 saturated carbocycles. The molecule has 4 aliphatic heterocycles. The summed E-state index contributed by atoms with van der Waals surface area (Å²) in [6, 6.07) is 0. The molecule has 20 unspecified atom stereocenters. The standard InChI is InChI=1S/C24H42O21/c25-1-5-9(29)12(32)15(35)22(40-5)44-19-10(30)7(3-27)42-24(17(19)37)45-20-11(31)6(2-26)41-23(16(20)36)43-18-8(4-28)39-21(38)14(34)13(18)33/h5-38H,1-4H2. The molecule has 4 aliphatic rings. The summed E-state index contributed by atoms with van der Waals surface area (Å²) in [4.78, 5) is 0. The Morgan fingerprint density at radius 3 is 1.13 bits per heavy atom. The highest BCUT2D eigenvalue weighted by Crippen LogP contribution is 2.34. The maximum absolute atomic E-state index is 11.1. The molecule has 0 aromatic rings. The molecule has 4 heterocycles. The average molecular weight is 667 g/mol. The van der Waals surface area contributed by atoms with Crippen LogP contribution in [-0.2, 0) is 33.2 Å². The first-order valence-corrected chi connectivity index (χ1v) is 14.1. The summed E-state index contributed by atoms with van der Waals surface area (Å²) in [6.07, 6.45) is -36.0. The van der Waals surface area contributed by atoms with E-state index in [1.807, 2.05) is 0 Å². The minimum Gasteiger partial charge on any atom is -0.394 e. The predicted molar refractivity (Wildman–Crippen MR) is 134 cm³/mol. The first-order chi connectivity index (χ1) is 21.3. The molecule has 0 amide bonds. The van der Waals surface area contributed by atoms with Gasteiger partial charge in [0.15, 0.2) is 25.2 Å². The molecule has 4 fully saturated rings. The lowest BCUT2D eigenvalue weighted by atomic mass is 9.95. The molecule has 0 aromatic carbocycles. The average Bonchev–Trinajstić information content (AvgIpc) is 3.03. The van der Waals surface area contributed by atoms with Crippen LogP contribution in [0, 0.1) is 0 Å². The maximum Gasteiger partial charge on any atom is 0.187 e. The maximum atomic E-state index is 11.1. The Labute approximate surface area is 254 Å². The molecule has 45 heavy (non-hydrogen) atoms. The van der Waals surface area contributed by atoms with Gasteiger partial charge in [-0.25, -0.2) is 0 Å². The quantitative estimate of drug-likeness (QED) is 0.103. The summed E-state index contributed by atoms with van der Waals surface area (Å²) in [7, 11) is 0. The van der Waals surface area contributed by atoms with Crippen molar-refractivity contribution >= 4 is 0 Å². The van der Waals surface area contributed by atoms with Crippen molar-refractivity contribution in [3.63, 3.8) is 0 Å². The predicted octanol–water partition coefficient (Wildman–Crippen LogP) is -9.75. The zero-order chi connectivity index (χ0) is 33.3. The SMILES string of the molecule is OCC1OC(OC2C(O)C(CO)OC(OC3C(O)C(CO)OC(OC4C(CO)OC(O)C(O)C4O)C3O)C2O)C(O)C(O)C1O. The molecule has 4 saturated heterocycles. The molecular formula is C24H42O21. The summed E-state index contributed by atoms with van der Waals surface area (Å²) in [5.41, 5.74) is 0. The molecule has 0 spiro atoms. The van der Waals surface area contributed by atoms with Gasteiger partial charge in [-0.15, -0.1) is 0 Å². The zero-order valence-electron chi connectivity index (χ0n) is 23.5. The first kappa shape index (κ1) is 37.0. The second-order valence-electron chi connectivity index (χ2n) is 11.1. The van der Waals surface area contributed by atoms with Crippen molar-refractivity contribution in [2.45, 2.75) is 123 Å². The highest BCUT2D eigenvalue weighted by Gasteiger charge is 2.55. The van der Waals surface area contributed by atoms with Crippen LogP contribution >= 0.6 is 0 Å². The number of aliphatic hydroxyl groups excluding tert-OH is 14. The molecule has 21 heteroatoms. The molecule has 21 nitrogen and oxygen atoms in total. The van der Waals surface area contributed by atoms with E-state index in [9.17, 15) is 71.5 Å². The highest BCUT2D eigenvalue weighted by atomic mass is 16.8. The fraction of sp³-hybridized carbons (Fsp3) is 1.00. The van der Waals surface area contributed by atoms with E-state index in [4.69, 9.17) is 33.2 Å². The monoisotopic (exact) mass is 666 g/mol. The zero-order valence-corrected chi connectivity index (χ0v) is 23.5. The molecule has 4 rings (SSSR count). The number of ether oxygens (including phenoxy) is 7. The Bertz CT molecular complexity index is 914. The van der Waals surface area contributed by atoms with Crippen LogP contribution in [0.3, 0.4) is 0 Å². The molecule has 0 aromatic heterocycles. The van der Waals surface area contributed by atoms with Gasteiger partial charge in [0.25, 0.3) is 0 Å². The van der Waals surface area contributed by atoms with E-state index in [2.05, 4.69) is 0 Å². The Balaban J connectivity index is 1.53. The van der Waals surface area contributed by atoms with E-state index in [1.165, 1.54) is 0 Å². The molecular weight excluding hydrogens is 624 g/mol. The Morgan fingerprint density at radius 2 is 0.711 bits per heavy atom. The van der Waals surface area contributed by atoms with E-state index in [0.717, 1.165) is 0 Å². The lowest BCUT2D eigenvalue weighted by Crippen LogP contribution is -2.67. The van der Waals surface area contributed by atoms with Gasteiger partial charge in [0.2, 0.25) is 0 Å². The second kappa shape index (κ2) is 15.6. The topological polar surface area (TPSA) is 348 Å². The van der Waals surface area contributed by atoms with E-state index < -0.39 is 149 Å². The third kappa shape index (κ3) is 7.44. The van der Waals surface area contributed by atoms with E-state index in [0.29, 0.717) is 0 Å². The molecule has 0 aliphatic carbocycles. The summed E-state index contributed by atoms with van der Waals surface area (Å²) >= 11 is 0. The molecule has 14 N–H and O–H groups in total. The van der Waals surface area contributed by atoms with E-state index >= 15 is 0 Å². The van der Waals surface area contributed by atoms with E-state index in [1.54, 1.807) is 0 Å². The van der Waals surface area contributed by atoms with Crippen molar-refractivity contribution in [3.8, 4) is 0 Å². The van der Waals surface area contributed by atoms with Crippen molar-refractivity contribution in [1.29, 1.82) is 0 Å². The van der Waals surface area contributed by atoms with Crippen LogP contribution in [0.15, 0.2) is 0 Å². The lowest BCUT2D eigenvalue weighted by molar-refractivity contribution is -0.389. The van der Waals surface area contributed by atoms with Gasteiger partial charge in [-0.05, 0) is 0 Å². The van der Waals surface area contributed by atoms with Crippen LogP contribution < -0.4 is 0 Å². The fourth-order valence-electron chi connectivity index (χ4n) is 5.53. The van der Waals surface area contributed by atoms with Gasteiger partial charge < -0.3 is 105 Å². The van der Waals surface area contributed by atoms with Crippen molar-refractivity contribution in [1.82, 2.24) is 0 Å². The van der Waals surface area contributed by atoms with Crippen molar-refractivity contribution in [2.24, 2.45) is 0 Å². The smallest absolute Gasteiger partial charge is 0.187 e. The van der Waals surface area contributed by atoms with E-state index in [-0.39, 0.29) is 0 Å². The van der Waals surface area contributed by atoms with Gasteiger partial charge in [-0.2, -0.15) is 0 Å². The number of hydrogen-bond donors (Lipinski definition) is 14. The number of rotatable bonds is 10. The van der Waals surface area contributed by atoms with Crippen molar-refractivity contribution in [3.05, 3.63) is 0 Å². The molecule has 20 atom stereocenters. The second-order valence-corrected chi connectivity index (χ2v) is 11.1. The van der Waals surface area contributed by atoms with Crippen LogP contribution in [0.1, 0.15) is 0 Å². The van der Waals surface area contributed by atoms with Gasteiger partial charge in [0, 0.05) is 0 Å². The summed E-state index contributed by atoms with van der Waals surface area (Å²) < 4.78 is 37.7. The van der Waals surface area contributed by atoms with Gasteiger partial charge in [-0.1, -0.05) is 0 Å². The van der Waals surface area contributed by atoms with Crippen LogP contribution in [0.25, 0.3) is 0 Å². The highest BCUT2D eigenvalue weighted by molar-refractivity contribution is 4.97. The third-order valence-electron chi connectivity index (χ3n) is 8.21. The van der Waals surface area contributed by atoms with Gasteiger partial charge in [0.1, 0.15) is 97.7 Å². The Morgan fingerprint density at radius 1 is 0.333 bits per heavy atom. The van der Waals surface area contributed by atoms with Gasteiger partial charge >= 0.3 is 0 Å². The summed E-state index contributed by atoms with van der Waals surface area (Å²) in [6.45, 7) is -3.44. The van der Waals surface area contributed by atoms with Crippen molar-refractivity contribution in [2.75, 3.05) is 26.4 Å². The lowest BCUT2D eigenvalue weighted by Gasteiger charge is -2.49. The van der Waals surface area contributed by atoms with Crippen molar-refractivity contribution < 1.29 is 105 Å². The van der Waals surface area contributed by atoms with Crippen LogP contribution in [0.5, 0.6) is 0 Å². The van der Waals surface area contributed by atoms with Crippen LogP contribution in [0.4, 0.5) is 0 Å². The Kier molecular flexibility index (Phi) is 12.8. The molecule has 0 radical (unpaired) electrons. The molecule has 264 valence electrons. The normalized spacial score (nSPS) is 52.9. The summed E-state index contributed by atoms with van der Waals surface area (Å²) in [5.74, 6) is 0. The van der Waals surface area contributed by atoms with Crippen LogP contribution in [-0.4, -0.2) is 221 Å².